The second kappa shape index (κ2) is 10.3. The number of aryl methyl sites for hydroxylation is 1. The van der Waals surface area contributed by atoms with Crippen LogP contribution in [0.2, 0.25) is 0 Å². The number of carboxylic acids is 1. The third kappa shape index (κ3) is 5.42. The van der Waals surface area contributed by atoms with Gasteiger partial charge in [-0.3, -0.25) is 9.80 Å². The number of hydrogen-bond donors (Lipinski definition) is 3. The predicted octanol–water partition coefficient (Wildman–Crippen LogP) is 3.24. The van der Waals surface area contributed by atoms with Gasteiger partial charge in [0.1, 0.15) is 17.6 Å². The molecule has 3 heterocycles. The number of pyridine rings is 1. The van der Waals surface area contributed by atoms with Gasteiger partial charge in [0.05, 0.1) is 11.7 Å². The SMILES string of the molecule is Cc1ccnc(NC(=O)c2ccc(C3=C(C(=O)O)N(N)C([C@@H]4CCCN4C(=O)OC(C)(C)C)N3C)cc2)c1. The molecule has 0 radical (unpaired) electrons. The molecule has 1 unspecified atom stereocenters. The van der Waals surface area contributed by atoms with E-state index >= 15 is 0 Å². The molecular weight excluding hydrogens is 488 g/mol. The first kappa shape index (κ1) is 26.9. The number of nitrogens with two attached hydrogens (primary N) is 1. The number of amides is 2. The monoisotopic (exact) mass is 522 g/mol. The quantitative estimate of drug-likeness (QED) is 0.505. The van der Waals surface area contributed by atoms with Crippen LogP contribution in [0.5, 0.6) is 0 Å². The summed E-state index contributed by atoms with van der Waals surface area (Å²) in [5.41, 5.74) is 1.59. The normalized spacial score (nSPS) is 19.7. The molecule has 2 aliphatic heterocycles. The highest BCUT2D eigenvalue weighted by molar-refractivity contribution is 6.04. The van der Waals surface area contributed by atoms with Crippen LogP contribution in [0.15, 0.2) is 48.3 Å². The Morgan fingerprint density at radius 3 is 2.45 bits per heavy atom. The van der Waals surface area contributed by atoms with E-state index in [1.165, 1.54) is 5.01 Å². The standard InChI is InChI=1S/C27H34N6O5/c1-16-12-13-29-20(15-16)30-23(34)18-10-8-17(9-11-18)21-22(25(35)36)33(28)24(31(21)5)19-7-6-14-32(19)26(37)38-27(2,3)4/h8-13,15,19,24H,6-7,14,28H2,1-5H3,(H,35,36)(H,29,30,34)/t19-,24?/m0/s1. The van der Waals surface area contributed by atoms with Crippen LogP contribution in [0.3, 0.4) is 0 Å². The lowest BCUT2D eigenvalue weighted by molar-refractivity contribution is -0.134. The highest BCUT2D eigenvalue weighted by atomic mass is 16.6. The van der Waals surface area contributed by atoms with Crippen LogP contribution in [0, 0.1) is 6.92 Å². The minimum absolute atomic E-state index is 0.0882. The Hall–Kier alpha value is -4.12. The first-order chi connectivity index (χ1) is 17.9. The molecule has 0 spiro atoms. The zero-order valence-electron chi connectivity index (χ0n) is 22.3. The van der Waals surface area contributed by atoms with Crippen molar-refractivity contribution in [1.82, 2.24) is 19.8 Å². The smallest absolute Gasteiger partial charge is 0.410 e. The Morgan fingerprint density at radius 2 is 1.84 bits per heavy atom. The molecule has 1 aromatic heterocycles. The van der Waals surface area contributed by atoms with Gasteiger partial charge in [0.15, 0.2) is 5.70 Å². The van der Waals surface area contributed by atoms with Gasteiger partial charge in [-0.25, -0.2) is 20.4 Å². The topological polar surface area (TPSA) is 141 Å². The molecule has 1 fully saturated rings. The summed E-state index contributed by atoms with van der Waals surface area (Å²) in [6, 6.07) is 9.84. The average Bonchev–Trinajstić information content (AvgIpc) is 3.40. The van der Waals surface area contributed by atoms with Gasteiger partial charge >= 0.3 is 12.1 Å². The number of nitrogens with zero attached hydrogens (tertiary/aromatic N) is 4. The van der Waals surface area contributed by atoms with Crippen molar-refractivity contribution in [2.75, 3.05) is 18.9 Å². The number of likely N-dealkylation sites (tertiary alicyclic amines) is 1. The third-order valence-corrected chi connectivity index (χ3v) is 6.57. The van der Waals surface area contributed by atoms with E-state index < -0.39 is 23.8 Å². The summed E-state index contributed by atoms with van der Waals surface area (Å²) in [6.45, 7) is 7.81. The van der Waals surface area contributed by atoms with Crippen LogP contribution in [-0.4, -0.2) is 74.3 Å². The summed E-state index contributed by atoms with van der Waals surface area (Å²) in [5, 5.41) is 14.0. The first-order valence-electron chi connectivity index (χ1n) is 12.5. The fourth-order valence-electron chi connectivity index (χ4n) is 4.96. The number of aromatic nitrogens is 1. The maximum absolute atomic E-state index is 12.9. The number of rotatable bonds is 5. The Labute approximate surface area is 221 Å². The number of aliphatic carboxylic acids is 1. The summed E-state index contributed by atoms with van der Waals surface area (Å²) < 4.78 is 5.59. The van der Waals surface area contributed by atoms with E-state index in [-0.39, 0.29) is 17.6 Å². The zero-order chi connectivity index (χ0) is 27.8. The molecule has 0 bridgehead atoms. The number of benzene rings is 1. The molecule has 1 aromatic carbocycles. The van der Waals surface area contributed by atoms with Crippen LogP contribution in [0.1, 0.15) is 55.1 Å². The fraction of sp³-hybridized carbons (Fsp3) is 0.407. The Balaban J connectivity index is 1.58. The largest absolute Gasteiger partial charge is 0.476 e. The van der Waals surface area contributed by atoms with Crippen molar-refractivity contribution in [2.45, 2.75) is 58.3 Å². The summed E-state index contributed by atoms with van der Waals surface area (Å²) in [5.74, 6) is 5.31. The van der Waals surface area contributed by atoms with Crippen molar-refractivity contribution in [2.24, 2.45) is 5.84 Å². The predicted molar refractivity (Wildman–Crippen MR) is 141 cm³/mol. The number of anilines is 1. The second-order valence-electron chi connectivity index (χ2n) is 10.6. The lowest BCUT2D eigenvalue weighted by Crippen LogP contribution is -2.56. The van der Waals surface area contributed by atoms with Gasteiger partial charge in [0.2, 0.25) is 0 Å². The summed E-state index contributed by atoms with van der Waals surface area (Å²) in [7, 11) is 1.76. The molecule has 202 valence electrons. The van der Waals surface area contributed by atoms with Gasteiger partial charge in [-0.1, -0.05) is 12.1 Å². The Bertz CT molecular complexity index is 1270. The van der Waals surface area contributed by atoms with Crippen LogP contribution < -0.4 is 11.2 Å². The molecule has 11 heteroatoms. The minimum Gasteiger partial charge on any atom is -0.476 e. The number of carboxylic acid groups (broad SMARTS) is 1. The van der Waals surface area contributed by atoms with Crippen LogP contribution in [0.4, 0.5) is 10.6 Å². The minimum atomic E-state index is -1.19. The van der Waals surface area contributed by atoms with Gasteiger partial charge in [-0.05, 0) is 70.4 Å². The molecule has 4 N–H and O–H groups in total. The van der Waals surface area contributed by atoms with E-state index in [0.717, 1.165) is 12.0 Å². The molecule has 2 amide bonds. The molecule has 4 rings (SSSR count). The Morgan fingerprint density at radius 1 is 1.16 bits per heavy atom. The number of carbonyl (C=O) groups excluding carboxylic acids is 2. The van der Waals surface area contributed by atoms with Crippen molar-refractivity contribution >= 4 is 29.5 Å². The number of carbonyl (C=O) groups is 3. The van der Waals surface area contributed by atoms with E-state index in [1.54, 1.807) is 74.1 Å². The van der Waals surface area contributed by atoms with Crippen molar-refractivity contribution in [3.05, 3.63) is 65.0 Å². The first-order valence-corrected chi connectivity index (χ1v) is 12.5. The van der Waals surface area contributed by atoms with Crippen molar-refractivity contribution in [3.63, 3.8) is 0 Å². The molecule has 38 heavy (non-hydrogen) atoms. The molecule has 2 atom stereocenters. The lowest BCUT2D eigenvalue weighted by atomic mass is 10.1. The number of hydrazine groups is 1. The molecule has 0 aliphatic carbocycles. The van der Waals surface area contributed by atoms with E-state index in [1.807, 2.05) is 13.0 Å². The number of ether oxygens (including phenoxy) is 1. The van der Waals surface area contributed by atoms with E-state index in [9.17, 15) is 19.5 Å². The molecule has 2 aromatic rings. The highest BCUT2D eigenvalue weighted by Gasteiger charge is 2.47. The number of nitrogens with one attached hydrogen (secondary N) is 1. The van der Waals surface area contributed by atoms with Crippen LogP contribution in [-0.2, 0) is 9.53 Å². The van der Waals surface area contributed by atoms with E-state index in [2.05, 4.69) is 10.3 Å². The highest BCUT2D eigenvalue weighted by Crippen LogP contribution is 2.38. The van der Waals surface area contributed by atoms with Gasteiger partial charge in [0, 0.05) is 30.9 Å². The summed E-state index contributed by atoms with van der Waals surface area (Å²) >= 11 is 0. The van der Waals surface area contributed by atoms with Gasteiger partial charge in [-0.15, -0.1) is 0 Å². The molecule has 1 saturated heterocycles. The summed E-state index contributed by atoms with van der Waals surface area (Å²) in [6.07, 6.45) is 1.95. The number of hydrogen-bond acceptors (Lipinski definition) is 8. The fourth-order valence-corrected chi connectivity index (χ4v) is 4.96. The van der Waals surface area contributed by atoms with Crippen molar-refractivity contribution in [3.8, 4) is 0 Å². The van der Waals surface area contributed by atoms with Crippen LogP contribution in [0.25, 0.3) is 5.70 Å². The average molecular weight is 523 g/mol. The van der Waals surface area contributed by atoms with E-state index in [0.29, 0.717) is 35.6 Å². The maximum atomic E-state index is 12.9. The third-order valence-electron chi connectivity index (χ3n) is 6.57. The van der Waals surface area contributed by atoms with Crippen LogP contribution >= 0.6 is 0 Å². The van der Waals surface area contributed by atoms with Gasteiger partial charge < -0.3 is 25.0 Å². The zero-order valence-corrected chi connectivity index (χ0v) is 22.3. The number of likely N-dealkylation sites (N-methyl/N-ethyl adjacent to an activating group) is 1. The van der Waals surface area contributed by atoms with Crippen molar-refractivity contribution in [1.29, 1.82) is 0 Å². The molecular formula is C27H34N6O5. The van der Waals surface area contributed by atoms with Gasteiger partial charge in [-0.2, -0.15) is 0 Å². The Kier molecular flexibility index (Phi) is 7.32. The molecule has 2 aliphatic rings. The second-order valence-corrected chi connectivity index (χ2v) is 10.6. The lowest BCUT2D eigenvalue weighted by Gasteiger charge is -2.38. The van der Waals surface area contributed by atoms with Gasteiger partial charge in [0.25, 0.3) is 5.91 Å². The molecule has 11 nitrogen and oxygen atoms in total. The van der Waals surface area contributed by atoms with Crippen molar-refractivity contribution < 1.29 is 24.2 Å². The maximum Gasteiger partial charge on any atom is 0.410 e. The molecule has 0 saturated carbocycles. The summed E-state index contributed by atoms with van der Waals surface area (Å²) in [4.78, 5) is 45.5. The van der Waals surface area contributed by atoms with E-state index in [4.69, 9.17) is 10.6 Å².